The number of piperidine rings is 1. The molecule has 0 unspecified atom stereocenters. The summed E-state index contributed by atoms with van der Waals surface area (Å²) in [6, 6.07) is 7.27. The molecule has 1 fully saturated rings. The second kappa shape index (κ2) is 4.35. The monoisotopic (exact) mass is 218 g/mol. The third-order valence-electron chi connectivity index (χ3n) is 2.69. The molecule has 84 valence electrons. The molecule has 1 N–H and O–H groups in total. The fourth-order valence-corrected chi connectivity index (χ4v) is 1.82. The van der Waals surface area contributed by atoms with Gasteiger partial charge in [-0.2, -0.15) is 0 Å². The van der Waals surface area contributed by atoms with Crippen LogP contribution in [0.5, 0.6) is 0 Å². The predicted octanol–water partition coefficient (Wildman–Crippen LogP) is 1.77. The van der Waals surface area contributed by atoms with Gasteiger partial charge in [0, 0.05) is 25.6 Å². The van der Waals surface area contributed by atoms with Crippen LogP contribution in [-0.2, 0) is 9.59 Å². The number of benzene rings is 1. The topological polar surface area (TPSA) is 49.4 Å². The molecule has 0 bridgehead atoms. The van der Waals surface area contributed by atoms with Crippen LogP contribution in [0.4, 0.5) is 11.4 Å². The molecule has 1 saturated heterocycles. The molecule has 16 heavy (non-hydrogen) atoms. The highest BCUT2D eigenvalue weighted by molar-refractivity contribution is 6.16. The molecule has 1 heterocycles. The Morgan fingerprint density at radius 3 is 2.12 bits per heavy atom. The average Bonchev–Trinajstić information content (AvgIpc) is 2.30. The number of anilines is 2. The minimum Gasteiger partial charge on any atom is -0.388 e. The molecule has 1 aromatic rings. The van der Waals surface area contributed by atoms with Crippen LogP contribution >= 0.6 is 0 Å². The van der Waals surface area contributed by atoms with E-state index in [-0.39, 0.29) is 11.8 Å². The lowest BCUT2D eigenvalue weighted by atomic mass is 10.1. The summed E-state index contributed by atoms with van der Waals surface area (Å²) >= 11 is 0. The molecule has 0 atom stereocenters. The van der Waals surface area contributed by atoms with E-state index in [1.165, 1.54) is 4.90 Å². The lowest BCUT2D eigenvalue weighted by molar-refractivity contribution is -0.129. The Morgan fingerprint density at radius 2 is 1.62 bits per heavy atom. The molecule has 0 saturated carbocycles. The molecule has 0 aliphatic carbocycles. The zero-order chi connectivity index (χ0) is 11.5. The van der Waals surface area contributed by atoms with Crippen LogP contribution in [0.2, 0.25) is 0 Å². The van der Waals surface area contributed by atoms with Gasteiger partial charge < -0.3 is 5.32 Å². The quantitative estimate of drug-likeness (QED) is 0.770. The van der Waals surface area contributed by atoms with Gasteiger partial charge in [0.05, 0.1) is 5.69 Å². The third kappa shape index (κ3) is 1.91. The summed E-state index contributed by atoms with van der Waals surface area (Å²) < 4.78 is 0. The number of hydrogen-bond acceptors (Lipinski definition) is 3. The van der Waals surface area contributed by atoms with Gasteiger partial charge in [-0.1, -0.05) is 0 Å². The number of nitrogens with one attached hydrogen (secondary N) is 1. The van der Waals surface area contributed by atoms with Crippen molar-refractivity contribution in [1.29, 1.82) is 0 Å². The zero-order valence-electron chi connectivity index (χ0n) is 9.19. The van der Waals surface area contributed by atoms with E-state index in [1.54, 1.807) is 12.1 Å². The zero-order valence-corrected chi connectivity index (χ0v) is 9.19. The van der Waals surface area contributed by atoms with Crippen molar-refractivity contribution in [3.05, 3.63) is 24.3 Å². The molecule has 4 nitrogen and oxygen atoms in total. The number of hydrogen-bond donors (Lipinski definition) is 1. The first kappa shape index (κ1) is 10.7. The van der Waals surface area contributed by atoms with Crippen molar-refractivity contribution in [3.8, 4) is 0 Å². The fraction of sp³-hybridized carbons (Fsp3) is 0.333. The minimum atomic E-state index is -0.103. The molecule has 0 aromatic heterocycles. The number of rotatable bonds is 2. The summed E-state index contributed by atoms with van der Waals surface area (Å²) in [5.41, 5.74) is 1.62. The normalized spacial score (nSPS) is 16.4. The molecule has 0 radical (unpaired) electrons. The van der Waals surface area contributed by atoms with Crippen molar-refractivity contribution in [3.63, 3.8) is 0 Å². The van der Waals surface area contributed by atoms with Gasteiger partial charge in [-0.25, -0.2) is 0 Å². The largest absolute Gasteiger partial charge is 0.388 e. The van der Waals surface area contributed by atoms with Gasteiger partial charge in [-0.05, 0) is 30.7 Å². The Morgan fingerprint density at radius 1 is 1.06 bits per heavy atom. The van der Waals surface area contributed by atoms with Crippen LogP contribution in [0.15, 0.2) is 24.3 Å². The van der Waals surface area contributed by atoms with Gasteiger partial charge >= 0.3 is 0 Å². The van der Waals surface area contributed by atoms with Gasteiger partial charge in [0.25, 0.3) is 0 Å². The maximum atomic E-state index is 11.6. The number of nitrogens with zero attached hydrogens (tertiary/aromatic N) is 1. The molecule has 2 amide bonds. The summed E-state index contributed by atoms with van der Waals surface area (Å²) in [4.78, 5) is 24.6. The lowest BCUT2D eigenvalue weighted by Gasteiger charge is -2.24. The SMILES string of the molecule is CNc1ccc(N2C(=O)CCCC2=O)cc1. The van der Waals surface area contributed by atoms with Crippen LogP contribution in [-0.4, -0.2) is 18.9 Å². The van der Waals surface area contributed by atoms with Gasteiger partial charge in [0.2, 0.25) is 11.8 Å². The Balaban J connectivity index is 2.27. The Hall–Kier alpha value is -1.84. The molecule has 2 rings (SSSR count). The van der Waals surface area contributed by atoms with E-state index in [2.05, 4.69) is 5.32 Å². The van der Waals surface area contributed by atoms with Gasteiger partial charge in [0.1, 0.15) is 0 Å². The van der Waals surface area contributed by atoms with E-state index < -0.39 is 0 Å². The Kier molecular flexibility index (Phi) is 2.90. The van der Waals surface area contributed by atoms with Crippen LogP contribution in [0.25, 0.3) is 0 Å². The lowest BCUT2D eigenvalue weighted by Crippen LogP contribution is -2.40. The smallest absolute Gasteiger partial charge is 0.233 e. The highest BCUT2D eigenvalue weighted by atomic mass is 16.2. The highest BCUT2D eigenvalue weighted by Gasteiger charge is 2.26. The standard InChI is InChI=1S/C12H14N2O2/c1-13-9-5-7-10(8-6-9)14-11(15)3-2-4-12(14)16/h5-8,13H,2-4H2,1H3. The second-order valence-corrected chi connectivity index (χ2v) is 3.77. The van der Waals surface area contributed by atoms with E-state index in [0.29, 0.717) is 24.9 Å². The van der Waals surface area contributed by atoms with E-state index >= 15 is 0 Å². The fourth-order valence-electron chi connectivity index (χ4n) is 1.82. The van der Waals surface area contributed by atoms with Crippen molar-refractivity contribution in [1.82, 2.24) is 0 Å². The Labute approximate surface area is 94.2 Å². The molecule has 1 aliphatic heterocycles. The number of amides is 2. The van der Waals surface area contributed by atoms with Gasteiger partial charge in [-0.3, -0.25) is 14.5 Å². The first-order valence-electron chi connectivity index (χ1n) is 5.36. The Bertz CT molecular complexity index is 396. The highest BCUT2D eigenvalue weighted by Crippen LogP contribution is 2.23. The van der Waals surface area contributed by atoms with Crippen LogP contribution < -0.4 is 10.2 Å². The van der Waals surface area contributed by atoms with E-state index in [1.807, 2.05) is 19.2 Å². The third-order valence-corrected chi connectivity index (χ3v) is 2.69. The maximum Gasteiger partial charge on any atom is 0.233 e. The number of imide groups is 1. The summed E-state index contributed by atoms with van der Waals surface area (Å²) in [5.74, 6) is -0.207. The van der Waals surface area contributed by atoms with Crippen molar-refractivity contribution in [2.75, 3.05) is 17.3 Å². The molecule has 4 heteroatoms. The molecule has 1 aliphatic rings. The molecular formula is C12H14N2O2. The van der Waals surface area contributed by atoms with Crippen LogP contribution in [0.3, 0.4) is 0 Å². The van der Waals surface area contributed by atoms with E-state index in [9.17, 15) is 9.59 Å². The van der Waals surface area contributed by atoms with Crippen LogP contribution in [0.1, 0.15) is 19.3 Å². The summed E-state index contributed by atoms with van der Waals surface area (Å²) in [5, 5.41) is 2.99. The number of carbonyl (C=O) groups excluding carboxylic acids is 2. The molecule has 0 spiro atoms. The summed E-state index contributed by atoms with van der Waals surface area (Å²) in [6.45, 7) is 0. The van der Waals surface area contributed by atoms with Gasteiger partial charge in [0.15, 0.2) is 0 Å². The van der Waals surface area contributed by atoms with E-state index in [0.717, 1.165) is 5.69 Å². The molecular weight excluding hydrogens is 204 g/mol. The summed E-state index contributed by atoms with van der Waals surface area (Å²) in [6.07, 6.45) is 1.59. The van der Waals surface area contributed by atoms with E-state index in [4.69, 9.17) is 0 Å². The number of carbonyl (C=O) groups is 2. The second-order valence-electron chi connectivity index (χ2n) is 3.77. The van der Waals surface area contributed by atoms with Crippen molar-refractivity contribution < 1.29 is 9.59 Å². The van der Waals surface area contributed by atoms with Crippen molar-refractivity contribution >= 4 is 23.2 Å². The molecule has 1 aromatic carbocycles. The average molecular weight is 218 g/mol. The van der Waals surface area contributed by atoms with Gasteiger partial charge in [-0.15, -0.1) is 0 Å². The first-order chi connectivity index (χ1) is 7.72. The van der Waals surface area contributed by atoms with Crippen LogP contribution in [0, 0.1) is 0 Å². The van der Waals surface area contributed by atoms with Crippen molar-refractivity contribution in [2.24, 2.45) is 0 Å². The minimum absolute atomic E-state index is 0.103. The summed E-state index contributed by atoms with van der Waals surface area (Å²) in [7, 11) is 1.83. The first-order valence-corrected chi connectivity index (χ1v) is 5.36. The predicted molar refractivity (Wildman–Crippen MR) is 62.3 cm³/mol. The van der Waals surface area contributed by atoms with Crippen molar-refractivity contribution in [2.45, 2.75) is 19.3 Å². The maximum absolute atomic E-state index is 11.6.